The molecule has 0 bridgehead atoms. The molecule has 1 aromatic rings. The van der Waals surface area contributed by atoms with E-state index in [-0.39, 0.29) is 11.9 Å². The van der Waals surface area contributed by atoms with Crippen LogP contribution in [0.2, 0.25) is 0 Å². The van der Waals surface area contributed by atoms with E-state index in [9.17, 15) is 4.79 Å². The van der Waals surface area contributed by atoms with Gasteiger partial charge in [-0.1, -0.05) is 12.8 Å². The van der Waals surface area contributed by atoms with Crippen molar-refractivity contribution >= 4 is 21.8 Å². The van der Waals surface area contributed by atoms with Crippen LogP contribution in [0, 0.1) is 5.92 Å². The molecular formula is C14H19BrN2O. The number of halogens is 1. The highest BCUT2D eigenvalue weighted by Gasteiger charge is 2.29. The van der Waals surface area contributed by atoms with Crippen LogP contribution in [0.15, 0.2) is 16.7 Å². The number of aromatic nitrogens is 1. The third kappa shape index (κ3) is 2.79. The molecule has 0 aromatic carbocycles. The van der Waals surface area contributed by atoms with E-state index < -0.39 is 0 Å². The Bertz CT molecular complexity index is 460. The van der Waals surface area contributed by atoms with Crippen LogP contribution in [-0.4, -0.2) is 16.5 Å². The second kappa shape index (κ2) is 4.72. The quantitative estimate of drug-likeness (QED) is 0.887. The molecule has 1 atom stereocenters. The van der Waals surface area contributed by atoms with Crippen LogP contribution in [0.25, 0.3) is 0 Å². The van der Waals surface area contributed by atoms with Crippen molar-refractivity contribution in [3.63, 3.8) is 0 Å². The third-order valence-corrected chi connectivity index (χ3v) is 4.18. The Labute approximate surface area is 116 Å². The van der Waals surface area contributed by atoms with Gasteiger partial charge in [0.05, 0.1) is 0 Å². The summed E-state index contributed by atoms with van der Waals surface area (Å²) in [5.41, 5.74) is 0.798. The Morgan fingerprint density at radius 3 is 2.83 bits per heavy atom. The molecule has 4 heteroatoms. The highest BCUT2D eigenvalue weighted by atomic mass is 79.9. The first-order chi connectivity index (χ1) is 8.63. The molecule has 0 aliphatic heterocycles. The third-order valence-electron chi connectivity index (χ3n) is 3.75. The minimum atomic E-state index is 0.0701. The minimum Gasteiger partial charge on any atom is -0.348 e. The summed E-state index contributed by atoms with van der Waals surface area (Å²) >= 11 is 3.46. The lowest BCUT2D eigenvalue weighted by molar-refractivity contribution is 0.0928. The number of hydrogen-bond acceptors (Lipinski definition) is 1. The first-order valence-electron chi connectivity index (χ1n) is 6.81. The maximum absolute atomic E-state index is 12.3. The van der Waals surface area contributed by atoms with Gasteiger partial charge in [-0.2, -0.15) is 0 Å². The summed E-state index contributed by atoms with van der Waals surface area (Å²) in [5.74, 6) is 0.919. The molecule has 0 spiro atoms. The van der Waals surface area contributed by atoms with E-state index in [0.717, 1.165) is 22.5 Å². The van der Waals surface area contributed by atoms with Crippen LogP contribution < -0.4 is 5.32 Å². The Hall–Kier alpha value is -0.770. The van der Waals surface area contributed by atoms with E-state index in [4.69, 9.17) is 0 Å². The van der Waals surface area contributed by atoms with Gasteiger partial charge in [0.15, 0.2) is 0 Å². The molecule has 2 aliphatic rings. The Morgan fingerprint density at radius 1 is 1.50 bits per heavy atom. The van der Waals surface area contributed by atoms with Crippen LogP contribution in [-0.2, 0) is 0 Å². The molecule has 1 N–H and O–H groups in total. The van der Waals surface area contributed by atoms with Gasteiger partial charge in [0, 0.05) is 22.8 Å². The van der Waals surface area contributed by atoms with Gasteiger partial charge in [-0.15, -0.1) is 0 Å². The molecule has 2 aliphatic carbocycles. The predicted octanol–water partition coefficient (Wildman–Crippen LogP) is 3.50. The van der Waals surface area contributed by atoms with E-state index in [1.54, 1.807) is 0 Å². The van der Waals surface area contributed by atoms with Gasteiger partial charge < -0.3 is 9.88 Å². The lowest BCUT2D eigenvalue weighted by Crippen LogP contribution is -2.34. The zero-order valence-electron chi connectivity index (χ0n) is 10.7. The van der Waals surface area contributed by atoms with Crippen molar-refractivity contribution in [1.29, 1.82) is 0 Å². The summed E-state index contributed by atoms with van der Waals surface area (Å²) in [5, 5.41) is 3.12. The van der Waals surface area contributed by atoms with Gasteiger partial charge in [-0.05, 0) is 54.1 Å². The fourth-order valence-electron chi connectivity index (χ4n) is 2.49. The molecule has 1 heterocycles. The number of nitrogens with one attached hydrogen (secondary N) is 1. The largest absolute Gasteiger partial charge is 0.348 e. The zero-order valence-corrected chi connectivity index (χ0v) is 12.2. The van der Waals surface area contributed by atoms with Gasteiger partial charge in [0.1, 0.15) is 5.69 Å². The first-order valence-corrected chi connectivity index (χ1v) is 7.61. The Morgan fingerprint density at radius 2 is 2.22 bits per heavy atom. The number of nitrogens with zero attached hydrogens (tertiary/aromatic N) is 1. The van der Waals surface area contributed by atoms with Crippen LogP contribution in [0.4, 0.5) is 0 Å². The summed E-state index contributed by atoms with van der Waals surface area (Å²) in [6, 6.07) is 2.75. The summed E-state index contributed by atoms with van der Waals surface area (Å²) in [7, 11) is 0. The van der Waals surface area contributed by atoms with Gasteiger partial charge in [-0.25, -0.2) is 0 Å². The van der Waals surface area contributed by atoms with Gasteiger partial charge in [0.25, 0.3) is 5.91 Å². The molecule has 3 nitrogen and oxygen atoms in total. The topological polar surface area (TPSA) is 34.0 Å². The Balaban J connectivity index is 1.66. The highest BCUT2D eigenvalue weighted by Crippen LogP contribution is 2.37. The van der Waals surface area contributed by atoms with Crippen molar-refractivity contribution in [2.24, 2.45) is 5.92 Å². The van der Waals surface area contributed by atoms with Crippen LogP contribution in [0.5, 0.6) is 0 Å². The highest BCUT2D eigenvalue weighted by molar-refractivity contribution is 9.10. The molecule has 18 heavy (non-hydrogen) atoms. The van der Waals surface area contributed by atoms with Gasteiger partial charge in [-0.3, -0.25) is 4.79 Å². The average Bonchev–Trinajstić information content (AvgIpc) is 3.19. The molecule has 3 rings (SSSR count). The fraction of sp³-hybridized carbons (Fsp3) is 0.643. The van der Waals surface area contributed by atoms with Crippen molar-refractivity contribution < 1.29 is 4.79 Å². The van der Waals surface area contributed by atoms with E-state index in [2.05, 4.69) is 32.7 Å². The number of rotatable bonds is 5. The van der Waals surface area contributed by atoms with Gasteiger partial charge in [0.2, 0.25) is 0 Å². The Kier molecular flexibility index (Phi) is 3.22. The smallest absolute Gasteiger partial charge is 0.268 e. The van der Waals surface area contributed by atoms with Gasteiger partial charge >= 0.3 is 0 Å². The summed E-state index contributed by atoms with van der Waals surface area (Å²) in [4.78, 5) is 12.3. The summed E-state index contributed by atoms with van der Waals surface area (Å²) < 4.78 is 3.11. The average molecular weight is 311 g/mol. The normalized spacial score (nSPS) is 20.8. The first kappa shape index (κ1) is 12.3. The number of hydrogen-bond donors (Lipinski definition) is 1. The number of carbonyl (C=O) groups is 1. The molecular weight excluding hydrogens is 292 g/mol. The van der Waals surface area contributed by atoms with Crippen molar-refractivity contribution in [2.75, 3.05) is 0 Å². The second-order valence-corrected chi connectivity index (χ2v) is 6.65. The maximum atomic E-state index is 12.3. The van der Waals surface area contributed by atoms with E-state index >= 15 is 0 Å². The lowest BCUT2D eigenvalue weighted by Gasteiger charge is -2.14. The molecule has 0 saturated heterocycles. The molecule has 0 radical (unpaired) electrons. The van der Waals surface area contributed by atoms with Crippen molar-refractivity contribution in [1.82, 2.24) is 9.88 Å². The molecule has 2 saturated carbocycles. The molecule has 1 aromatic heterocycles. The zero-order chi connectivity index (χ0) is 12.7. The molecule has 1 amide bonds. The van der Waals surface area contributed by atoms with Crippen molar-refractivity contribution in [3.05, 3.63) is 22.4 Å². The van der Waals surface area contributed by atoms with Crippen LogP contribution in [0.3, 0.4) is 0 Å². The second-order valence-electron chi connectivity index (χ2n) is 5.74. The number of carbonyl (C=O) groups excluding carboxylic acids is 1. The summed E-state index contributed by atoms with van der Waals surface area (Å²) in [6.45, 7) is 2.11. The monoisotopic (exact) mass is 310 g/mol. The van der Waals surface area contributed by atoms with Crippen molar-refractivity contribution in [3.8, 4) is 0 Å². The lowest BCUT2D eigenvalue weighted by atomic mass is 10.1. The number of amides is 1. The van der Waals surface area contributed by atoms with E-state index in [1.165, 1.54) is 25.7 Å². The maximum Gasteiger partial charge on any atom is 0.268 e. The molecule has 1 unspecified atom stereocenters. The van der Waals surface area contributed by atoms with E-state index in [1.807, 2.05) is 12.3 Å². The van der Waals surface area contributed by atoms with Crippen molar-refractivity contribution in [2.45, 2.75) is 51.1 Å². The molecule has 98 valence electrons. The summed E-state index contributed by atoms with van der Waals surface area (Å²) in [6.07, 6.45) is 8.21. The van der Waals surface area contributed by atoms with Crippen LogP contribution in [0.1, 0.15) is 55.6 Å². The van der Waals surface area contributed by atoms with E-state index in [0.29, 0.717) is 6.04 Å². The van der Waals surface area contributed by atoms with Crippen LogP contribution >= 0.6 is 15.9 Å². The molecule has 2 fully saturated rings. The predicted molar refractivity (Wildman–Crippen MR) is 74.7 cm³/mol. The minimum absolute atomic E-state index is 0.0701. The standard InChI is InChI=1S/C14H19BrN2O/c1-9(6-10-2-3-10)16-14(18)13-7-11(15)8-17(13)12-4-5-12/h7-10,12H,2-6H2,1H3,(H,16,18). The SMILES string of the molecule is CC(CC1CC1)NC(=O)c1cc(Br)cn1C1CC1. The fourth-order valence-corrected chi connectivity index (χ4v) is 2.93.